The molecular formula is C32H34N4O3. The topological polar surface area (TPSA) is 66.8 Å². The number of aromatic nitrogens is 1. The first-order valence-corrected chi connectivity index (χ1v) is 13.2. The number of carbonyl (C=O) groups is 2. The normalized spacial score (nSPS) is 13.3. The van der Waals surface area contributed by atoms with Crippen LogP contribution < -0.4 is 10.1 Å². The molecule has 0 saturated carbocycles. The van der Waals surface area contributed by atoms with Crippen LogP contribution in [0.15, 0.2) is 78.9 Å². The molecule has 1 aromatic heterocycles. The largest absolute Gasteiger partial charge is 0.497 e. The van der Waals surface area contributed by atoms with Gasteiger partial charge in [0.15, 0.2) is 0 Å². The number of carbonyl (C=O) groups excluding carboxylic acids is 2. The van der Waals surface area contributed by atoms with Crippen LogP contribution in [0.4, 0.5) is 10.5 Å². The van der Waals surface area contributed by atoms with Crippen molar-refractivity contribution in [1.82, 2.24) is 14.4 Å². The maximum absolute atomic E-state index is 13.8. The first-order valence-electron chi connectivity index (χ1n) is 13.2. The summed E-state index contributed by atoms with van der Waals surface area (Å²) in [5.41, 5.74) is 7.40. The molecule has 1 saturated heterocycles. The number of nitrogens with one attached hydrogen (secondary N) is 1. The lowest BCUT2D eigenvalue weighted by Crippen LogP contribution is -2.51. The van der Waals surface area contributed by atoms with E-state index in [-0.39, 0.29) is 11.9 Å². The third kappa shape index (κ3) is 5.39. The number of anilines is 1. The highest BCUT2D eigenvalue weighted by Crippen LogP contribution is 2.32. The number of amides is 3. The number of methoxy groups -OCH3 is 1. The summed E-state index contributed by atoms with van der Waals surface area (Å²) in [5.74, 6) is 0.731. The van der Waals surface area contributed by atoms with Gasteiger partial charge in [-0.1, -0.05) is 48.0 Å². The molecule has 0 spiro atoms. The van der Waals surface area contributed by atoms with Crippen molar-refractivity contribution < 1.29 is 14.3 Å². The van der Waals surface area contributed by atoms with Crippen molar-refractivity contribution in [2.75, 3.05) is 38.6 Å². The highest BCUT2D eigenvalue weighted by molar-refractivity contribution is 5.98. The fraction of sp³-hybridized carbons (Fsp3) is 0.250. The Morgan fingerprint density at radius 2 is 1.51 bits per heavy atom. The first-order chi connectivity index (χ1) is 18.9. The molecule has 4 aromatic rings. The van der Waals surface area contributed by atoms with Crippen molar-refractivity contribution in [2.24, 2.45) is 0 Å². The van der Waals surface area contributed by atoms with Gasteiger partial charge in [-0.05, 0) is 62.7 Å². The minimum atomic E-state index is -0.138. The highest BCUT2D eigenvalue weighted by Gasteiger charge is 2.28. The van der Waals surface area contributed by atoms with E-state index in [2.05, 4.69) is 16.0 Å². The number of para-hydroxylation sites is 1. The molecule has 0 atom stereocenters. The Kier molecular flexibility index (Phi) is 7.41. The van der Waals surface area contributed by atoms with Crippen LogP contribution in [0.1, 0.15) is 27.2 Å². The van der Waals surface area contributed by atoms with Gasteiger partial charge in [0.2, 0.25) is 0 Å². The zero-order chi connectivity index (χ0) is 27.5. The molecule has 1 aliphatic rings. The van der Waals surface area contributed by atoms with E-state index >= 15 is 0 Å². The molecule has 3 amide bonds. The van der Waals surface area contributed by atoms with Gasteiger partial charge < -0.3 is 24.4 Å². The van der Waals surface area contributed by atoms with Crippen LogP contribution >= 0.6 is 0 Å². The predicted molar refractivity (Wildman–Crippen MR) is 155 cm³/mol. The summed E-state index contributed by atoms with van der Waals surface area (Å²) < 4.78 is 7.58. The number of urea groups is 1. The van der Waals surface area contributed by atoms with E-state index < -0.39 is 0 Å². The van der Waals surface area contributed by atoms with Gasteiger partial charge in [-0.3, -0.25) is 4.79 Å². The monoisotopic (exact) mass is 522 g/mol. The van der Waals surface area contributed by atoms with E-state index in [9.17, 15) is 9.59 Å². The molecule has 0 radical (unpaired) electrons. The van der Waals surface area contributed by atoms with Gasteiger partial charge in [0.05, 0.1) is 18.4 Å². The van der Waals surface area contributed by atoms with Crippen LogP contribution in [-0.4, -0.2) is 59.6 Å². The van der Waals surface area contributed by atoms with Crippen molar-refractivity contribution in [3.8, 4) is 22.7 Å². The quantitative estimate of drug-likeness (QED) is 0.346. The van der Waals surface area contributed by atoms with Crippen LogP contribution in [0.3, 0.4) is 0 Å². The lowest BCUT2D eigenvalue weighted by molar-refractivity contribution is 0.0671. The van der Waals surface area contributed by atoms with E-state index in [1.807, 2.05) is 98.5 Å². The number of piperazine rings is 1. The van der Waals surface area contributed by atoms with Gasteiger partial charge in [-0.2, -0.15) is 0 Å². The summed E-state index contributed by atoms with van der Waals surface area (Å²) in [6.07, 6.45) is 0. The lowest BCUT2D eigenvalue weighted by atomic mass is 10.1. The molecule has 1 aliphatic heterocycles. The van der Waals surface area contributed by atoms with Gasteiger partial charge in [0.1, 0.15) is 5.75 Å². The second kappa shape index (κ2) is 11.1. The van der Waals surface area contributed by atoms with E-state index in [1.54, 1.807) is 12.0 Å². The molecule has 0 bridgehead atoms. The number of hydrogen-bond donors (Lipinski definition) is 1. The Morgan fingerprint density at radius 3 is 2.21 bits per heavy atom. The average Bonchev–Trinajstić information content (AvgIpc) is 3.31. The maximum Gasteiger partial charge on any atom is 0.321 e. The average molecular weight is 523 g/mol. The highest BCUT2D eigenvalue weighted by atomic mass is 16.5. The number of hydrogen-bond acceptors (Lipinski definition) is 3. The summed E-state index contributed by atoms with van der Waals surface area (Å²) in [6, 6.07) is 25.7. The number of aryl methyl sites for hydroxylation is 2. The molecule has 5 rings (SSSR count). The predicted octanol–water partition coefficient (Wildman–Crippen LogP) is 6.07. The van der Waals surface area contributed by atoms with E-state index in [4.69, 9.17) is 4.74 Å². The van der Waals surface area contributed by atoms with E-state index in [0.29, 0.717) is 31.7 Å². The summed E-state index contributed by atoms with van der Waals surface area (Å²) in [7, 11) is 1.65. The third-order valence-electron chi connectivity index (χ3n) is 7.34. The molecule has 39 heavy (non-hydrogen) atoms. The minimum absolute atomic E-state index is 0.0271. The summed E-state index contributed by atoms with van der Waals surface area (Å²) in [4.78, 5) is 30.3. The SMILES string of the molecule is COc1cccc(-c2cc(C(=O)N3CCN(C(=O)Nc4ccc(C)cc4C)CC3)c(C)n2-c2ccccc2)c1. The summed E-state index contributed by atoms with van der Waals surface area (Å²) in [6.45, 7) is 7.91. The van der Waals surface area contributed by atoms with Crippen molar-refractivity contribution in [3.63, 3.8) is 0 Å². The van der Waals surface area contributed by atoms with Gasteiger partial charge in [-0.15, -0.1) is 0 Å². The van der Waals surface area contributed by atoms with Crippen molar-refractivity contribution in [1.29, 1.82) is 0 Å². The molecule has 0 unspecified atom stereocenters. The molecule has 7 heteroatoms. The zero-order valence-electron chi connectivity index (χ0n) is 22.9. The molecule has 1 fully saturated rings. The van der Waals surface area contributed by atoms with Gasteiger partial charge >= 0.3 is 6.03 Å². The van der Waals surface area contributed by atoms with Crippen molar-refractivity contribution >= 4 is 17.6 Å². The maximum atomic E-state index is 13.8. The molecule has 3 aromatic carbocycles. The van der Waals surface area contributed by atoms with Crippen LogP contribution in [-0.2, 0) is 0 Å². The van der Waals surface area contributed by atoms with Crippen LogP contribution in [0, 0.1) is 20.8 Å². The van der Waals surface area contributed by atoms with Gasteiger partial charge in [-0.25, -0.2) is 4.79 Å². The fourth-order valence-corrected chi connectivity index (χ4v) is 5.16. The number of nitrogens with zero attached hydrogens (tertiary/aromatic N) is 3. The van der Waals surface area contributed by atoms with Crippen molar-refractivity contribution in [2.45, 2.75) is 20.8 Å². The smallest absolute Gasteiger partial charge is 0.321 e. The number of rotatable bonds is 5. The van der Waals surface area contributed by atoms with E-state index in [1.165, 1.54) is 0 Å². The van der Waals surface area contributed by atoms with Gasteiger partial charge in [0.25, 0.3) is 5.91 Å². The van der Waals surface area contributed by atoms with Crippen LogP contribution in [0.25, 0.3) is 16.9 Å². The Bertz CT molecular complexity index is 1500. The van der Waals surface area contributed by atoms with E-state index in [0.717, 1.165) is 45.2 Å². The second-order valence-corrected chi connectivity index (χ2v) is 9.96. The Hall–Kier alpha value is -4.52. The minimum Gasteiger partial charge on any atom is -0.497 e. The Morgan fingerprint density at radius 1 is 0.795 bits per heavy atom. The Labute approximate surface area is 229 Å². The van der Waals surface area contributed by atoms with Crippen LogP contribution in [0.5, 0.6) is 5.75 Å². The lowest BCUT2D eigenvalue weighted by Gasteiger charge is -2.34. The summed E-state index contributed by atoms with van der Waals surface area (Å²) in [5, 5.41) is 3.02. The molecule has 1 N–H and O–H groups in total. The molecule has 0 aliphatic carbocycles. The summed E-state index contributed by atoms with van der Waals surface area (Å²) >= 11 is 0. The molecule has 2 heterocycles. The standard InChI is InChI=1S/C32H34N4O3/c1-22-13-14-29(23(2)19-22)33-32(38)35-17-15-34(16-18-35)31(37)28-21-30(25-9-8-12-27(20-25)39-4)36(24(28)3)26-10-6-5-7-11-26/h5-14,19-21H,15-18H2,1-4H3,(H,33,38). The first kappa shape index (κ1) is 26.1. The number of ether oxygens (including phenoxy) is 1. The molecule has 200 valence electrons. The second-order valence-electron chi connectivity index (χ2n) is 9.96. The molecule has 7 nitrogen and oxygen atoms in total. The van der Waals surface area contributed by atoms with Gasteiger partial charge in [0, 0.05) is 48.8 Å². The zero-order valence-corrected chi connectivity index (χ0v) is 22.9. The van der Waals surface area contributed by atoms with Crippen molar-refractivity contribution in [3.05, 3.63) is 101 Å². The molecular weight excluding hydrogens is 488 g/mol. The Balaban J connectivity index is 1.36. The van der Waals surface area contributed by atoms with Crippen LogP contribution in [0.2, 0.25) is 0 Å². The fourth-order valence-electron chi connectivity index (χ4n) is 5.16. The number of benzene rings is 3. The third-order valence-corrected chi connectivity index (χ3v) is 7.34.